The van der Waals surface area contributed by atoms with Gasteiger partial charge in [0, 0.05) is 22.7 Å². The average molecular weight is 348 g/mol. The molecule has 4 nitrogen and oxygen atoms in total. The van der Waals surface area contributed by atoms with Crippen LogP contribution in [0.1, 0.15) is 40.8 Å². The number of nitrogens with zero attached hydrogens (tertiary/aromatic N) is 1. The summed E-state index contributed by atoms with van der Waals surface area (Å²) in [5.74, 6) is 0.137. The fourth-order valence-corrected chi connectivity index (χ4v) is 2.43. The van der Waals surface area contributed by atoms with Crippen molar-refractivity contribution in [2.75, 3.05) is 11.1 Å². The standard InChI is InChI=1S/C14H17N3OS.2ClH/c1-8(2)14-17-12(7-19-14)13(18)16-11-6-10(15)5-4-9(11)3;;/h4-8H,15H2,1-3H3,(H,16,18);2*1H. The number of carbonyl (C=O) groups excluding carboxylic acids is 1. The summed E-state index contributed by atoms with van der Waals surface area (Å²) in [7, 11) is 0. The average Bonchev–Trinajstić information content (AvgIpc) is 2.83. The molecule has 21 heavy (non-hydrogen) atoms. The van der Waals surface area contributed by atoms with Crippen LogP contribution in [-0.4, -0.2) is 10.9 Å². The summed E-state index contributed by atoms with van der Waals surface area (Å²) in [6, 6.07) is 5.44. The molecule has 1 aromatic heterocycles. The lowest BCUT2D eigenvalue weighted by Crippen LogP contribution is -2.13. The van der Waals surface area contributed by atoms with Gasteiger partial charge in [0.2, 0.25) is 0 Å². The monoisotopic (exact) mass is 347 g/mol. The number of carbonyl (C=O) groups is 1. The van der Waals surface area contributed by atoms with Crippen molar-refractivity contribution in [1.82, 2.24) is 4.98 Å². The van der Waals surface area contributed by atoms with Crippen LogP contribution in [0.5, 0.6) is 0 Å². The highest BCUT2D eigenvalue weighted by molar-refractivity contribution is 7.09. The Bertz CT molecular complexity index is 614. The van der Waals surface area contributed by atoms with Crippen molar-refractivity contribution >= 4 is 53.4 Å². The first-order chi connectivity index (χ1) is 8.97. The minimum Gasteiger partial charge on any atom is -0.399 e. The van der Waals surface area contributed by atoms with Crippen molar-refractivity contribution in [2.24, 2.45) is 0 Å². The highest BCUT2D eigenvalue weighted by atomic mass is 35.5. The maximum absolute atomic E-state index is 12.1. The first-order valence-corrected chi connectivity index (χ1v) is 6.98. The Morgan fingerprint density at radius 2 is 2.00 bits per heavy atom. The molecule has 7 heteroatoms. The molecule has 0 aliphatic carbocycles. The largest absolute Gasteiger partial charge is 0.399 e. The van der Waals surface area contributed by atoms with Gasteiger partial charge in [-0.3, -0.25) is 4.79 Å². The van der Waals surface area contributed by atoms with Gasteiger partial charge in [-0.2, -0.15) is 0 Å². The number of nitrogens with one attached hydrogen (secondary N) is 1. The molecule has 2 aromatic rings. The lowest BCUT2D eigenvalue weighted by Gasteiger charge is -2.07. The number of hydrogen-bond acceptors (Lipinski definition) is 4. The second-order valence-corrected chi connectivity index (χ2v) is 5.64. The van der Waals surface area contributed by atoms with E-state index in [-0.39, 0.29) is 30.7 Å². The van der Waals surface area contributed by atoms with E-state index >= 15 is 0 Å². The van der Waals surface area contributed by atoms with E-state index in [1.54, 1.807) is 11.4 Å². The normalized spacial score (nSPS) is 9.71. The van der Waals surface area contributed by atoms with E-state index in [1.807, 2.05) is 19.1 Å². The summed E-state index contributed by atoms with van der Waals surface area (Å²) < 4.78 is 0. The summed E-state index contributed by atoms with van der Waals surface area (Å²) in [4.78, 5) is 16.4. The first kappa shape index (κ1) is 19.7. The zero-order valence-electron chi connectivity index (χ0n) is 12.0. The Balaban J connectivity index is 0.00000200. The quantitative estimate of drug-likeness (QED) is 0.815. The van der Waals surface area contributed by atoms with Crippen molar-refractivity contribution < 1.29 is 4.79 Å². The zero-order chi connectivity index (χ0) is 14.0. The molecule has 0 radical (unpaired) electrons. The second kappa shape index (κ2) is 8.22. The number of rotatable bonds is 3. The molecule has 0 bridgehead atoms. The summed E-state index contributed by atoms with van der Waals surface area (Å²) in [5.41, 5.74) is 8.50. The molecule has 0 saturated carbocycles. The molecule has 0 spiro atoms. The van der Waals surface area contributed by atoms with Crippen LogP contribution in [0.2, 0.25) is 0 Å². The molecular weight excluding hydrogens is 329 g/mol. The van der Waals surface area contributed by atoms with Crippen molar-refractivity contribution in [3.05, 3.63) is 39.8 Å². The smallest absolute Gasteiger partial charge is 0.275 e. The zero-order valence-corrected chi connectivity index (χ0v) is 14.5. The van der Waals surface area contributed by atoms with Gasteiger partial charge < -0.3 is 11.1 Å². The predicted octanol–water partition coefficient (Wildman–Crippen LogP) is 4.25. The van der Waals surface area contributed by atoms with Crippen molar-refractivity contribution in [3.63, 3.8) is 0 Å². The number of amides is 1. The van der Waals surface area contributed by atoms with Crippen LogP contribution >= 0.6 is 36.2 Å². The van der Waals surface area contributed by atoms with Crippen LogP contribution in [-0.2, 0) is 0 Å². The van der Waals surface area contributed by atoms with E-state index in [4.69, 9.17) is 5.73 Å². The molecule has 1 aromatic carbocycles. The molecule has 0 saturated heterocycles. The number of halogens is 2. The minimum atomic E-state index is -0.197. The fourth-order valence-electron chi connectivity index (χ4n) is 1.62. The van der Waals surface area contributed by atoms with Gasteiger partial charge in [-0.05, 0) is 24.6 Å². The summed E-state index contributed by atoms with van der Waals surface area (Å²) in [6.45, 7) is 6.04. The van der Waals surface area contributed by atoms with Gasteiger partial charge in [-0.25, -0.2) is 4.98 Å². The molecule has 0 aliphatic heterocycles. The predicted molar refractivity (Wildman–Crippen MR) is 94.2 cm³/mol. The van der Waals surface area contributed by atoms with Crippen molar-refractivity contribution in [3.8, 4) is 0 Å². The highest BCUT2D eigenvalue weighted by Gasteiger charge is 2.13. The molecule has 0 aliphatic rings. The number of aromatic nitrogens is 1. The first-order valence-electron chi connectivity index (χ1n) is 6.10. The van der Waals surface area contributed by atoms with E-state index in [9.17, 15) is 4.79 Å². The molecule has 0 atom stereocenters. The molecule has 116 valence electrons. The van der Waals surface area contributed by atoms with Gasteiger partial charge in [0.25, 0.3) is 5.91 Å². The molecular formula is C14H19Cl2N3OS. The molecule has 1 heterocycles. The van der Waals surface area contributed by atoms with Crippen LogP contribution in [0.3, 0.4) is 0 Å². The van der Waals surface area contributed by atoms with Gasteiger partial charge in [0.1, 0.15) is 5.69 Å². The molecule has 1 amide bonds. The molecule has 0 unspecified atom stereocenters. The Kier molecular flexibility index (Phi) is 7.71. The lowest BCUT2D eigenvalue weighted by atomic mass is 10.2. The number of nitrogens with two attached hydrogens (primary N) is 1. The van der Waals surface area contributed by atoms with Gasteiger partial charge in [0.15, 0.2) is 0 Å². The van der Waals surface area contributed by atoms with Crippen molar-refractivity contribution in [1.29, 1.82) is 0 Å². The highest BCUT2D eigenvalue weighted by Crippen LogP contribution is 2.22. The summed E-state index contributed by atoms with van der Waals surface area (Å²) >= 11 is 1.51. The second-order valence-electron chi connectivity index (χ2n) is 4.75. The number of anilines is 2. The van der Waals surface area contributed by atoms with E-state index in [0.29, 0.717) is 17.3 Å². The Hall–Kier alpha value is -1.30. The third kappa shape index (κ3) is 4.88. The Labute approximate surface area is 141 Å². The number of hydrogen-bond donors (Lipinski definition) is 2. The van der Waals surface area contributed by atoms with Crippen LogP contribution < -0.4 is 11.1 Å². The van der Waals surface area contributed by atoms with E-state index in [0.717, 1.165) is 16.3 Å². The van der Waals surface area contributed by atoms with Crippen molar-refractivity contribution in [2.45, 2.75) is 26.7 Å². The topological polar surface area (TPSA) is 68.0 Å². The molecule has 0 fully saturated rings. The van der Waals surface area contributed by atoms with E-state index < -0.39 is 0 Å². The number of thiazole rings is 1. The summed E-state index contributed by atoms with van der Waals surface area (Å²) in [6.07, 6.45) is 0. The third-order valence-corrected chi connectivity index (χ3v) is 3.90. The number of nitrogen functional groups attached to an aromatic ring is 1. The van der Waals surface area contributed by atoms with E-state index in [2.05, 4.69) is 24.1 Å². The fraction of sp³-hybridized carbons (Fsp3) is 0.286. The van der Waals surface area contributed by atoms with Crippen LogP contribution in [0.25, 0.3) is 0 Å². The van der Waals surface area contributed by atoms with Gasteiger partial charge in [-0.15, -0.1) is 36.2 Å². The summed E-state index contributed by atoms with van der Waals surface area (Å²) in [5, 5.41) is 5.60. The number of aryl methyl sites for hydroxylation is 1. The van der Waals surface area contributed by atoms with Gasteiger partial charge >= 0.3 is 0 Å². The molecule has 3 N–H and O–H groups in total. The maximum atomic E-state index is 12.1. The Morgan fingerprint density at radius 3 is 2.57 bits per heavy atom. The minimum absolute atomic E-state index is 0. The van der Waals surface area contributed by atoms with E-state index in [1.165, 1.54) is 11.3 Å². The lowest BCUT2D eigenvalue weighted by molar-refractivity contribution is 0.102. The van der Waals surface area contributed by atoms with Gasteiger partial charge in [0.05, 0.1) is 5.01 Å². The maximum Gasteiger partial charge on any atom is 0.275 e. The Morgan fingerprint density at radius 1 is 1.33 bits per heavy atom. The SMILES string of the molecule is Cc1ccc(N)cc1NC(=O)c1csc(C(C)C)n1.Cl.Cl. The van der Waals surface area contributed by atoms with Crippen LogP contribution in [0.15, 0.2) is 23.6 Å². The molecule has 2 rings (SSSR count). The van der Waals surface area contributed by atoms with Crippen LogP contribution in [0.4, 0.5) is 11.4 Å². The van der Waals surface area contributed by atoms with Crippen LogP contribution in [0, 0.1) is 6.92 Å². The van der Waals surface area contributed by atoms with Gasteiger partial charge in [-0.1, -0.05) is 19.9 Å². The number of benzene rings is 1. The third-order valence-electron chi connectivity index (χ3n) is 2.76.